The van der Waals surface area contributed by atoms with Gasteiger partial charge in [0.15, 0.2) is 5.58 Å². The maximum atomic E-state index is 12.2. The van der Waals surface area contributed by atoms with Crippen molar-refractivity contribution in [1.29, 1.82) is 0 Å². The van der Waals surface area contributed by atoms with Crippen LogP contribution in [0.3, 0.4) is 0 Å². The minimum atomic E-state index is -0.0718. The smallest absolute Gasteiger partial charge is 0.271 e. The molecule has 4 rings (SSSR count). The van der Waals surface area contributed by atoms with E-state index in [0.29, 0.717) is 11.0 Å². The van der Waals surface area contributed by atoms with Gasteiger partial charge in [-0.05, 0) is 30.7 Å². The van der Waals surface area contributed by atoms with Gasteiger partial charge in [0.25, 0.3) is 10.8 Å². The fourth-order valence-corrected chi connectivity index (χ4v) is 3.30. The Bertz CT molecular complexity index is 1030. The van der Waals surface area contributed by atoms with Crippen molar-refractivity contribution in [3.63, 3.8) is 0 Å². The summed E-state index contributed by atoms with van der Waals surface area (Å²) < 4.78 is 7.25. The molecule has 0 spiro atoms. The number of thioether (sulfide) groups is 1. The van der Waals surface area contributed by atoms with Gasteiger partial charge in [-0.1, -0.05) is 42.1 Å². The van der Waals surface area contributed by atoms with Gasteiger partial charge in [0.05, 0.1) is 5.69 Å². The number of aryl methyl sites for hydroxylation is 1. The van der Waals surface area contributed by atoms with Gasteiger partial charge in [-0.3, -0.25) is 9.89 Å². The first kappa shape index (κ1) is 14.8. The number of benzene rings is 2. The average molecular weight is 337 g/mol. The quantitative estimate of drug-likeness (QED) is 0.574. The number of fused-ring (bicyclic) bond motifs is 1. The van der Waals surface area contributed by atoms with Crippen LogP contribution >= 0.6 is 11.8 Å². The topological polar surface area (TPSA) is 63.8 Å². The van der Waals surface area contributed by atoms with Crippen molar-refractivity contribution in [1.82, 2.24) is 14.8 Å². The predicted octanol–water partition coefficient (Wildman–Crippen LogP) is 3.91. The van der Waals surface area contributed by atoms with Crippen molar-refractivity contribution in [2.75, 3.05) is 0 Å². The lowest BCUT2D eigenvalue weighted by Gasteiger charge is -2.05. The first-order valence-corrected chi connectivity index (χ1v) is 8.54. The molecule has 4 aromatic rings. The number of nitrogens with one attached hydrogen (secondary N) is 1. The molecule has 2 aromatic carbocycles. The molecule has 2 heterocycles. The van der Waals surface area contributed by atoms with Gasteiger partial charge in [0.2, 0.25) is 0 Å². The van der Waals surface area contributed by atoms with Crippen LogP contribution in [0.4, 0.5) is 0 Å². The van der Waals surface area contributed by atoms with E-state index in [1.165, 1.54) is 11.8 Å². The highest BCUT2D eigenvalue weighted by Crippen LogP contribution is 2.25. The normalized spacial score (nSPS) is 11.2. The van der Waals surface area contributed by atoms with Gasteiger partial charge in [0, 0.05) is 17.5 Å². The summed E-state index contributed by atoms with van der Waals surface area (Å²) in [5, 5.41) is 3.75. The summed E-state index contributed by atoms with van der Waals surface area (Å²) in [6.07, 6.45) is 0. The second-order valence-corrected chi connectivity index (χ2v) is 6.40. The number of H-pyrrole nitrogens is 1. The molecule has 0 aliphatic heterocycles. The van der Waals surface area contributed by atoms with E-state index in [0.717, 1.165) is 28.0 Å². The lowest BCUT2D eigenvalue weighted by Crippen LogP contribution is -2.14. The molecule has 24 heavy (non-hydrogen) atoms. The third kappa shape index (κ3) is 2.76. The number of rotatable bonds is 4. The summed E-state index contributed by atoms with van der Waals surface area (Å²) in [6.45, 7) is 1.98. The van der Waals surface area contributed by atoms with Gasteiger partial charge in [0.1, 0.15) is 5.52 Å². The van der Waals surface area contributed by atoms with Gasteiger partial charge in [-0.2, -0.15) is 0 Å². The Kier molecular flexibility index (Phi) is 3.74. The van der Waals surface area contributed by atoms with Gasteiger partial charge in [-0.15, -0.1) is 0 Å². The van der Waals surface area contributed by atoms with Crippen LogP contribution in [0.25, 0.3) is 16.8 Å². The van der Waals surface area contributed by atoms with Crippen molar-refractivity contribution < 1.29 is 4.42 Å². The summed E-state index contributed by atoms with van der Waals surface area (Å²) in [5.74, 6) is 0.584. The maximum absolute atomic E-state index is 12.2. The number of hydrogen-bond acceptors (Lipinski definition) is 4. The molecule has 0 saturated carbocycles. The third-order valence-corrected chi connectivity index (χ3v) is 4.63. The molecule has 0 aliphatic rings. The zero-order valence-electron chi connectivity index (χ0n) is 13.0. The van der Waals surface area contributed by atoms with Gasteiger partial charge in [-0.25, -0.2) is 9.67 Å². The largest absolute Gasteiger partial charge is 0.431 e. The SMILES string of the molecule is Cc1ccccc1-n1[nH]c(CSc2nc3ccccc3o2)cc1=O. The van der Waals surface area contributed by atoms with Crippen molar-refractivity contribution in [3.8, 4) is 5.69 Å². The molecule has 0 aliphatic carbocycles. The van der Waals surface area contributed by atoms with Crippen molar-refractivity contribution in [2.24, 2.45) is 0 Å². The Morgan fingerprint density at radius 2 is 1.96 bits per heavy atom. The molecule has 0 bridgehead atoms. The molecule has 120 valence electrons. The van der Waals surface area contributed by atoms with E-state index < -0.39 is 0 Å². The lowest BCUT2D eigenvalue weighted by molar-refractivity contribution is 0.489. The Balaban J connectivity index is 1.56. The fourth-order valence-electron chi connectivity index (χ4n) is 2.56. The standard InChI is InChI=1S/C18H15N3O2S/c1-12-6-2-4-8-15(12)21-17(22)10-13(20-21)11-24-18-19-14-7-3-5-9-16(14)23-18/h2-10,20H,11H2,1H3. The number of para-hydroxylation sites is 3. The highest BCUT2D eigenvalue weighted by atomic mass is 32.2. The minimum absolute atomic E-state index is 0.0718. The zero-order valence-corrected chi connectivity index (χ0v) is 13.8. The van der Waals surface area contributed by atoms with Crippen LogP contribution in [0.5, 0.6) is 0 Å². The van der Waals surface area contributed by atoms with E-state index in [9.17, 15) is 4.79 Å². The first-order chi connectivity index (χ1) is 11.7. The highest BCUT2D eigenvalue weighted by molar-refractivity contribution is 7.98. The lowest BCUT2D eigenvalue weighted by atomic mass is 10.2. The molecule has 5 nitrogen and oxygen atoms in total. The molecular formula is C18H15N3O2S. The molecule has 0 fully saturated rings. The van der Waals surface area contributed by atoms with E-state index in [4.69, 9.17) is 4.42 Å². The fraction of sp³-hybridized carbons (Fsp3) is 0.111. The van der Waals surface area contributed by atoms with Gasteiger partial charge < -0.3 is 4.42 Å². The zero-order chi connectivity index (χ0) is 16.5. The average Bonchev–Trinajstić information content (AvgIpc) is 3.16. The number of aromatic nitrogens is 3. The van der Waals surface area contributed by atoms with Crippen molar-refractivity contribution >= 4 is 22.9 Å². The second kappa shape index (κ2) is 6.05. The van der Waals surface area contributed by atoms with Crippen LogP contribution in [0.1, 0.15) is 11.3 Å². The van der Waals surface area contributed by atoms with Crippen LogP contribution in [0.15, 0.2) is 69.0 Å². The third-order valence-electron chi connectivity index (χ3n) is 3.76. The van der Waals surface area contributed by atoms with Crippen LogP contribution < -0.4 is 5.56 Å². The first-order valence-electron chi connectivity index (χ1n) is 7.56. The summed E-state index contributed by atoms with van der Waals surface area (Å²) in [6, 6.07) is 17.0. The molecule has 0 amide bonds. The number of oxazole rings is 1. The summed E-state index contributed by atoms with van der Waals surface area (Å²) >= 11 is 1.46. The Morgan fingerprint density at radius 1 is 1.17 bits per heavy atom. The molecule has 0 radical (unpaired) electrons. The summed E-state index contributed by atoms with van der Waals surface area (Å²) in [4.78, 5) is 16.7. The van der Waals surface area contributed by atoms with E-state index in [1.807, 2.05) is 55.5 Å². The predicted molar refractivity (Wildman–Crippen MR) is 94.7 cm³/mol. The molecule has 6 heteroatoms. The number of aromatic amines is 1. The van der Waals surface area contributed by atoms with Crippen molar-refractivity contribution in [3.05, 3.63) is 76.2 Å². The van der Waals surface area contributed by atoms with Crippen LogP contribution in [-0.2, 0) is 5.75 Å². The van der Waals surface area contributed by atoms with Crippen LogP contribution in [0.2, 0.25) is 0 Å². The molecule has 0 atom stereocenters. The molecule has 2 aromatic heterocycles. The minimum Gasteiger partial charge on any atom is -0.431 e. The van der Waals surface area contributed by atoms with Crippen molar-refractivity contribution in [2.45, 2.75) is 17.9 Å². The maximum Gasteiger partial charge on any atom is 0.271 e. The highest BCUT2D eigenvalue weighted by Gasteiger charge is 2.10. The van der Waals surface area contributed by atoms with Crippen LogP contribution in [0, 0.1) is 6.92 Å². The van der Waals surface area contributed by atoms with E-state index in [-0.39, 0.29) is 5.56 Å². The Morgan fingerprint density at radius 3 is 2.79 bits per heavy atom. The molecule has 0 saturated heterocycles. The molecular weight excluding hydrogens is 322 g/mol. The second-order valence-electron chi connectivity index (χ2n) is 5.48. The summed E-state index contributed by atoms with van der Waals surface area (Å²) in [5.41, 5.74) is 4.27. The van der Waals surface area contributed by atoms with Crippen LogP contribution in [-0.4, -0.2) is 14.8 Å². The Labute approximate surface area is 142 Å². The van der Waals surface area contributed by atoms with E-state index >= 15 is 0 Å². The molecule has 0 unspecified atom stereocenters. The van der Waals surface area contributed by atoms with E-state index in [1.54, 1.807) is 10.7 Å². The van der Waals surface area contributed by atoms with E-state index in [2.05, 4.69) is 10.1 Å². The Hall–Kier alpha value is -2.73. The summed E-state index contributed by atoms with van der Waals surface area (Å²) in [7, 11) is 0. The van der Waals surface area contributed by atoms with Gasteiger partial charge >= 0.3 is 0 Å². The number of nitrogens with zero attached hydrogens (tertiary/aromatic N) is 2. The number of hydrogen-bond donors (Lipinski definition) is 1. The monoisotopic (exact) mass is 337 g/mol. The molecule has 1 N–H and O–H groups in total.